The molecule has 166 valence electrons. The molecule has 0 spiro atoms. The van der Waals surface area contributed by atoms with E-state index in [-0.39, 0.29) is 28.5 Å². The lowest BCUT2D eigenvalue weighted by Gasteiger charge is -2.11. The van der Waals surface area contributed by atoms with Crippen LogP contribution in [-0.2, 0) is 14.3 Å². The van der Waals surface area contributed by atoms with Gasteiger partial charge in [-0.1, -0.05) is 18.2 Å². The highest BCUT2D eigenvalue weighted by Gasteiger charge is 2.31. The van der Waals surface area contributed by atoms with Gasteiger partial charge in [0.15, 0.2) is 17.2 Å². The number of hydrogen-bond donors (Lipinski definition) is 0. The monoisotopic (exact) mass is 438 g/mol. The van der Waals surface area contributed by atoms with Gasteiger partial charge < -0.3 is 18.9 Å². The van der Waals surface area contributed by atoms with E-state index in [1.54, 1.807) is 43.3 Å². The van der Waals surface area contributed by atoms with E-state index < -0.39 is 17.9 Å². The summed E-state index contributed by atoms with van der Waals surface area (Å²) in [6.07, 6.45) is 0. The van der Waals surface area contributed by atoms with Gasteiger partial charge >= 0.3 is 17.9 Å². The fraction of sp³-hybridized carbons (Fsp3) is 0.217. The molecule has 2 aromatic carbocycles. The molecule has 0 saturated carbocycles. The maximum atomic E-state index is 12.7. The van der Waals surface area contributed by atoms with Crippen LogP contribution < -0.4 is 9.47 Å². The minimum absolute atomic E-state index is 0.0640. The normalized spacial score (nSPS) is 10.4. The highest BCUT2D eigenvalue weighted by atomic mass is 16.6. The summed E-state index contributed by atoms with van der Waals surface area (Å²) in [5.41, 5.74) is 1.03. The first-order valence-electron chi connectivity index (χ1n) is 9.71. The molecule has 0 aliphatic rings. The molecule has 0 saturated heterocycles. The van der Waals surface area contributed by atoms with Crippen LogP contribution in [0.5, 0.6) is 11.5 Å². The molecule has 32 heavy (non-hydrogen) atoms. The summed E-state index contributed by atoms with van der Waals surface area (Å²) >= 11 is 0. The van der Waals surface area contributed by atoms with Gasteiger partial charge in [0.25, 0.3) is 0 Å². The molecule has 0 aliphatic heterocycles. The van der Waals surface area contributed by atoms with Gasteiger partial charge in [-0.3, -0.25) is 4.79 Å². The molecular formula is C23H22N2O7. The number of para-hydroxylation sites is 1. The maximum absolute atomic E-state index is 12.7. The quantitative estimate of drug-likeness (QED) is 0.408. The third-order valence-electron chi connectivity index (χ3n) is 4.43. The second kappa shape index (κ2) is 9.78. The summed E-state index contributed by atoms with van der Waals surface area (Å²) < 4.78 is 22.0. The van der Waals surface area contributed by atoms with Crippen LogP contribution in [0.2, 0.25) is 0 Å². The van der Waals surface area contributed by atoms with Crippen LogP contribution in [0, 0.1) is 0 Å². The van der Waals surface area contributed by atoms with Gasteiger partial charge in [-0.15, -0.1) is 0 Å². The second-order valence-corrected chi connectivity index (χ2v) is 6.49. The van der Waals surface area contributed by atoms with Crippen LogP contribution in [0.3, 0.4) is 0 Å². The lowest BCUT2D eigenvalue weighted by Crippen LogP contribution is -2.15. The third-order valence-corrected chi connectivity index (χ3v) is 4.43. The Morgan fingerprint density at radius 1 is 0.938 bits per heavy atom. The molecule has 3 rings (SSSR count). The van der Waals surface area contributed by atoms with Crippen LogP contribution >= 0.6 is 0 Å². The zero-order chi connectivity index (χ0) is 23.3. The number of ether oxygens (including phenoxy) is 4. The number of esters is 3. The average Bonchev–Trinajstić information content (AvgIpc) is 3.20. The molecule has 3 aromatic rings. The van der Waals surface area contributed by atoms with Crippen molar-refractivity contribution in [3.8, 4) is 28.4 Å². The summed E-state index contributed by atoms with van der Waals surface area (Å²) in [5.74, 6) is -1.52. The van der Waals surface area contributed by atoms with Gasteiger partial charge in [0.2, 0.25) is 0 Å². The molecule has 0 radical (unpaired) electrons. The summed E-state index contributed by atoms with van der Waals surface area (Å²) in [5, 5.41) is 4.53. The van der Waals surface area contributed by atoms with E-state index in [4.69, 9.17) is 18.9 Å². The molecule has 0 bridgehead atoms. The van der Waals surface area contributed by atoms with E-state index in [0.29, 0.717) is 17.9 Å². The van der Waals surface area contributed by atoms with Crippen molar-refractivity contribution in [1.29, 1.82) is 0 Å². The molecule has 1 aromatic heterocycles. The van der Waals surface area contributed by atoms with Crippen molar-refractivity contribution in [3.05, 3.63) is 59.8 Å². The fourth-order valence-electron chi connectivity index (χ4n) is 3.12. The average molecular weight is 438 g/mol. The predicted molar refractivity (Wildman–Crippen MR) is 114 cm³/mol. The lowest BCUT2D eigenvalue weighted by molar-refractivity contribution is -0.132. The van der Waals surface area contributed by atoms with E-state index in [1.807, 2.05) is 6.07 Å². The highest BCUT2D eigenvalue weighted by molar-refractivity contribution is 6.07. The van der Waals surface area contributed by atoms with Gasteiger partial charge in [-0.25, -0.2) is 14.3 Å². The Morgan fingerprint density at radius 3 is 2.22 bits per heavy atom. The lowest BCUT2D eigenvalue weighted by atomic mass is 10.0. The van der Waals surface area contributed by atoms with Crippen LogP contribution in [0.15, 0.2) is 48.5 Å². The minimum atomic E-state index is -0.760. The predicted octanol–water partition coefficient (Wildman–Crippen LogP) is 3.44. The topological polar surface area (TPSA) is 106 Å². The van der Waals surface area contributed by atoms with Gasteiger partial charge in [0.1, 0.15) is 11.3 Å². The van der Waals surface area contributed by atoms with Crippen molar-refractivity contribution in [2.45, 2.75) is 13.8 Å². The first kappa shape index (κ1) is 22.5. The van der Waals surface area contributed by atoms with Crippen molar-refractivity contribution in [1.82, 2.24) is 9.78 Å². The molecule has 0 fully saturated rings. The SMILES string of the molecule is CCOc1cc(-c2nn(-c3ccccc3)c(C(=O)OC)c2C(=O)OC)ccc1OC(C)=O. The van der Waals surface area contributed by atoms with Gasteiger partial charge in [-0.2, -0.15) is 5.10 Å². The number of hydrogen-bond acceptors (Lipinski definition) is 8. The maximum Gasteiger partial charge on any atom is 0.357 e. The summed E-state index contributed by atoms with van der Waals surface area (Å²) in [6.45, 7) is 3.38. The number of carbonyl (C=O) groups excluding carboxylic acids is 3. The molecule has 0 N–H and O–H groups in total. The molecule has 1 heterocycles. The fourth-order valence-corrected chi connectivity index (χ4v) is 3.12. The minimum Gasteiger partial charge on any atom is -0.490 e. The van der Waals surface area contributed by atoms with E-state index in [1.165, 1.54) is 31.9 Å². The highest BCUT2D eigenvalue weighted by Crippen LogP contribution is 2.35. The summed E-state index contributed by atoms with van der Waals surface area (Å²) in [6, 6.07) is 13.5. The second-order valence-electron chi connectivity index (χ2n) is 6.49. The van der Waals surface area contributed by atoms with Crippen LogP contribution in [0.25, 0.3) is 16.9 Å². The number of carbonyl (C=O) groups is 3. The third kappa shape index (κ3) is 4.46. The number of benzene rings is 2. The molecule has 0 amide bonds. The van der Waals surface area contributed by atoms with Crippen molar-refractivity contribution >= 4 is 17.9 Å². The van der Waals surface area contributed by atoms with Crippen LogP contribution in [0.4, 0.5) is 0 Å². The van der Waals surface area contributed by atoms with Crippen molar-refractivity contribution in [2.24, 2.45) is 0 Å². The molecule has 0 aliphatic carbocycles. The van der Waals surface area contributed by atoms with Crippen molar-refractivity contribution in [3.63, 3.8) is 0 Å². The number of aromatic nitrogens is 2. The Kier molecular flexibility index (Phi) is 6.89. The Bertz CT molecular complexity index is 1150. The summed E-state index contributed by atoms with van der Waals surface area (Å²) in [7, 11) is 2.43. The largest absolute Gasteiger partial charge is 0.490 e. The number of methoxy groups -OCH3 is 2. The summed E-state index contributed by atoms with van der Waals surface area (Å²) in [4.78, 5) is 36.8. The standard InChI is InChI=1S/C23H22N2O7/c1-5-31-18-13-15(11-12-17(18)32-14(2)26)20-19(22(27)29-3)21(23(28)30-4)25(24-20)16-9-7-6-8-10-16/h6-13H,5H2,1-4H3. The molecule has 9 nitrogen and oxygen atoms in total. The van der Waals surface area contributed by atoms with E-state index in [2.05, 4.69) is 5.10 Å². The van der Waals surface area contributed by atoms with Gasteiger partial charge in [-0.05, 0) is 37.3 Å². The molecule has 0 unspecified atom stereocenters. The first-order valence-corrected chi connectivity index (χ1v) is 9.71. The zero-order valence-corrected chi connectivity index (χ0v) is 18.1. The molecule has 0 atom stereocenters. The van der Waals surface area contributed by atoms with Crippen molar-refractivity contribution < 1.29 is 33.3 Å². The van der Waals surface area contributed by atoms with Crippen LogP contribution in [0.1, 0.15) is 34.7 Å². The van der Waals surface area contributed by atoms with E-state index in [9.17, 15) is 14.4 Å². The Labute approximate surface area is 184 Å². The number of rotatable bonds is 7. The zero-order valence-electron chi connectivity index (χ0n) is 18.1. The smallest absolute Gasteiger partial charge is 0.357 e. The first-order chi connectivity index (χ1) is 15.4. The molecular weight excluding hydrogens is 416 g/mol. The van der Waals surface area contributed by atoms with Gasteiger partial charge in [0, 0.05) is 12.5 Å². The van der Waals surface area contributed by atoms with Crippen molar-refractivity contribution in [2.75, 3.05) is 20.8 Å². The number of nitrogens with zero attached hydrogens (tertiary/aromatic N) is 2. The Balaban J connectivity index is 2.29. The van der Waals surface area contributed by atoms with Gasteiger partial charge in [0.05, 0.1) is 26.5 Å². The Hall–Kier alpha value is -4.14. The van der Waals surface area contributed by atoms with Crippen LogP contribution in [-0.4, -0.2) is 48.5 Å². The molecule has 9 heteroatoms. The van der Waals surface area contributed by atoms with E-state index in [0.717, 1.165) is 0 Å². The Morgan fingerprint density at radius 2 is 1.62 bits per heavy atom. The van der Waals surface area contributed by atoms with E-state index >= 15 is 0 Å².